The van der Waals surface area contributed by atoms with Crippen LogP contribution in [0.3, 0.4) is 0 Å². The van der Waals surface area contributed by atoms with Crippen LogP contribution in [0.1, 0.15) is 25.7 Å². The van der Waals surface area contributed by atoms with Crippen LogP contribution in [0.15, 0.2) is 24.3 Å². The number of ether oxygens (including phenoxy) is 1. The molecule has 0 saturated carbocycles. The zero-order chi connectivity index (χ0) is 16.3. The van der Waals surface area contributed by atoms with Gasteiger partial charge in [-0.25, -0.2) is 9.78 Å². The Hall–Kier alpha value is -2.41. The Morgan fingerprint density at radius 2 is 1.86 bits per heavy atom. The molecule has 1 heterocycles. The van der Waals surface area contributed by atoms with E-state index in [-0.39, 0.29) is 5.91 Å². The van der Waals surface area contributed by atoms with E-state index in [9.17, 15) is 9.59 Å². The van der Waals surface area contributed by atoms with Gasteiger partial charge in [0, 0.05) is 25.3 Å². The smallest absolute Gasteiger partial charge is 0.350 e. The average molecular weight is 319 g/mol. The van der Waals surface area contributed by atoms with Gasteiger partial charge in [0.25, 0.3) is 5.91 Å². The summed E-state index contributed by atoms with van der Waals surface area (Å²) in [4.78, 5) is 30.2. The normalized spacial score (nSPS) is 10.2. The third kappa shape index (κ3) is 3.43. The molecule has 7 heteroatoms. The van der Waals surface area contributed by atoms with Crippen LogP contribution in [0.4, 0.5) is 10.8 Å². The number of esters is 1. The molecule has 1 N–H and O–H groups in total. The Labute approximate surface area is 132 Å². The minimum Gasteiger partial charge on any atom is -0.465 e. The highest BCUT2D eigenvalue weighted by molar-refractivity contribution is 7.17. The lowest BCUT2D eigenvalue weighted by Crippen LogP contribution is -2.13. The van der Waals surface area contributed by atoms with Gasteiger partial charge in [-0.3, -0.25) is 10.1 Å². The van der Waals surface area contributed by atoms with Crippen molar-refractivity contribution in [3.05, 3.63) is 40.4 Å². The van der Waals surface area contributed by atoms with Crippen molar-refractivity contribution in [1.29, 1.82) is 0 Å². The molecule has 0 atom stereocenters. The Morgan fingerprint density at radius 3 is 2.41 bits per heavy atom. The molecule has 0 radical (unpaired) electrons. The number of amides is 1. The van der Waals surface area contributed by atoms with Crippen LogP contribution < -0.4 is 10.2 Å². The van der Waals surface area contributed by atoms with Crippen LogP contribution in [0, 0.1) is 6.92 Å². The molecular formula is C15H17N3O3S. The van der Waals surface area contributed by atoms with E-state index in [1.807, 2.05) is 31.1 Å². The van der Waals surface area contributed by atoms with Crippen molar-refractivity contribution in [2.45, 2.75) is 6.92 Å². The van der Waals surface area contributed by atoms with Crippen LogP contribution in [-0.4, -0.2) is 38.1 Å². The van der Waals surface area contributed by atoms with Gasteiger partial charge in [-0.05, 0) is 31.2 Å². The van der Waals surface area contributed by atoms with Crippen LogP contribution in [0.5, 0.6) is 0 Å². The fourth-order valence-corrected chi connectivity index (χ4v) is 2.69. The minimum absolute atomic E-state index is 0.268. The molecule has 6 nitrogen and oxygen atoms in total. The second-order valence-electron chi connectivity index (χ2n) is 4.82. The summed E-state index contributed by atoms with van der Waals surface area (Å²) >= 11 is 1.10. The molecule has 0 spiro atoms. The Bertz CT molecular complexity index is 693. The molecule has 0 fully saturated rings. The molecule has 2 aromatic rings. The molecule has 0 aliphatic heterocycles. The van der Waals surface area contributed by atoms with Gasteiger partial charge in [0.15, 0.2) is 5.13 Å². The molecule has 2 rings (SSSR count). The number of carbonyl (C=O) groups is 2. The van der Waals surface area contributed by atoms with Gasteiger partial charge in [-0.15, -0.1) is 0 Å². The van der Waals surface area contributed by atoms with E-state index in [0.29, 0.717) is 21.3 Å². The molecule has 0 aliphatic carbocycles. The summed E-state index contributed by atoms with van der Waals surface area (Å²) in [5, 5.41) is 3.07. The van der Waals surface area contributed by atoms with Crippen molar-refractivity contribution in [2.24, 2.45) is 0 Å². The zero-order valence-corrected chi connectivity index (χ0v) is 13.7. The molecule has 1 amide bonds. The average Bonchev–Trinajstić information content (AvgIpc) is 2.87. The first-order valence-corrected chi connectivity index (χ1v) is 7.38. The third-order valence-corrected chi connectivity index (χ3v) is 4.09. The first kappa shape index (κ1) is 16.0. The van der Waals surface area contributed by atoms with E-state index in [4.69, 9.17) is 0 Å². The summed E-state index contributed by atoms with van der Waals surface area (Å²) in [6.45, 7) is 1.70. The van der Waals surface area contributed by atoms with Gasteiger partial charge in [-0.1, -0.05) is 11.3 Å². The Morgan fingerprint density at radius 1 is 1.23 bits per heavy atom. The van der Waals surface area contributed by atoms with Gasteiger partial charge in [0.2, 0.25) is 0 Å². The van der Waals surface area contributed by atoms with Crippen LogP contribution >= 0.6 is 11.3 Å². The minimum atomic E-state index is -0.453. The van der Waals surface area contributed by atoms with E-state index in [1.165, 1.54) is 7.11 Å². The van der Waals surface area contributed by atoms with Crippen molar-refractivity contribution in [1.82, 2.24) is 4.98 Å². The number of hydrogen-bond acceptors (Lipinski definition) is 6. The summed E-state index contributed by atoms with van der Waals surface area (Å²) in [5.74, 6) is -0.721. The van der Waals surface area contributed by atoms with E-state index >= 15 is 0 Å². The van der Waals surface area contributed by atoms with E-state index in [1.54, 1.807) is 19.1 Å². The van der Waals surface area contributed by atoms with Crippen molar-refractivity contribution in [3.8, 4) is 0 Å². The van der Waals surface area contributed by atoms with Crippen LogP contribution in [0.2, 0.25) is 0 Å². The van der Waals surface area contributed by atoms with Crippen LogP contribution in [-0.2, 0) is 4.74 Å². The summed E-state index contributed by atoms with van der Waals surface area (Å²) in [7, 11) is 5.18. The summed E-state index contributed by atoms with van der Waals surface area (Å²) in [6, 6.07) is 7.21. The second-order valence-corrected chi connectivity index (χ2v) is 5.82. The van der Waals surface area contributed by atoms with Gasteiger partial charge in [0.1, 0.15) is 4.88 Å². The van der Waals surface area contributed by atoms with E-state index in [0.717, 1.165) is 17.0 Å². The SMILES string of the molecule is COC(=O)c1sc(NC(=O)c2ccc(N(C)C)cc2)nc1C. The van der Waals surface area contributed by atoms with Crippen molar-refractivity contribution in [2.75, 3.05) is 31.4 Å². The topological polar surface area (TPSA) is 71.5 Å². The van der Waals surface area contributed by atoms with Gasteiger partial charge >= 0.3 is 5.97 Å². The van der Waals surface area contributed by atoms with Gasteiger partial charge < -0.3 is 9.64 Å². The van der Waals surface area contributed by atoms with E-state index in [2.05, 4.69) is 15.0 Å². The molecule has 22 heavy (non-hydrogen) atoms. The fraction of sp³-hybridized carbons (Fsp3) is 0.267. The molecule has 0 bridgehead atoms. The number of aryl methyl sites for hydroxylation is 1. The number of rotatable bonds is 4. The number of nitrogens with one attached hydrogen (secondary N) is 1. The quantitative estimate of drug-likeness (QED) is 0.877. The lowest BCUT2D eigenvalue weighted by Gasteiger charge is -2.12. The highest BCUT2D eigenvalue weighted by Gasteiger charge is 2.17. The third-order valence-electron chi connectivity index (χ3n) is 3.03. The number of methoxy groups -OCH3 is 1. The predicted octanol–water partition coefficient (Wildman–Crippen LogP) is 2.56. The maximum absolute atomic E-state index is 12.2. The lowest BCUT2D eigenvalue weighted by molar-refractivity contribution is 0.0605. The van der Waals surface area contributed by atoms with Crippen LogP contribution in [0.25, 0.3) is 0 Å². The molecule has 0 unspecified atom stereocenters. The summed E-state index contributed by atoms with van der Waals surface area (Å²) in [6.07, 6.45) is 0. The predicted molar refractivity (Wildman–Crippen MR) is 86.9 cm³/mol. The first-order chi connectivity index (χ1) is 10.4. The summed E-state index contributed by atoms with van der Waals surface area (Å²) in [5.41, 5.74) is 2.07. The monoisotopic (exact) mass is 319 g/mol. The molecule has 0 aliphatic rings. The highest BCUT2D eigenvalue weighted by atomic mass is 32.1. The number of nitrogens with zero attached hydrogens (tertiary/aromatic N) is 2. The number of hydrogen-bond donors (Lipinski definition) is 1. The summed E-state index contributed by atoms with van der Waals surface area (Å²) < 4.78 is 4.67. The van der Waals surface area contributed by atoms with Crippen molar-refractivity contribution in [3.63, 3.8) is 0 Å². The Kier molecular flexibility index (Phi) is 4.77. The van der Waals surface area contributed by atoms with E-state index < -0.39 is 5.97 Å². The molecule has 1 aromatic carbocycles. The highest BCUT2D eigenvalue weighted by Crippen LogP contribution is 2.24. The number of benzene rings is 1. The fourth-order valence-electron chi connectivity index (χ4n) is 1.81. The van der Waals surface area contributed by atoms with Gasteiger partial charge in [0.05, 0.1) is 12.8 Å². The second kappa shape index (κ2) is 6.57. The number of aromatic nitrogens is 1. The molecular weight excluding hydrogens is 302 g/mol. The molecule has 1 aromatic heterocycles. The largest absolute Gasteiger partial charge is 0.465 e. The number of carbonyl (C=O) groups excluding carboxylic acids is 2. The van der Waals surface area contributed by atoms with Gasteiger partial charge in [-0.2, -0.15) is 0 Å². The number of thiazole rings is 1. The molecule has 116 valence electrons. The molecule has 0 saturated heterocycles. The Balaban J connectivity index is 2.13. The van der Waals surface area contributed by atoms with Crippen molar-refractivity contribution >= 4 is 34.0 Å². The lowest BCUT2D eigenvalue weighted by atomic mass is 10.2. The zero-order valence-electron chi connectivity index (χ0n) is 12.8. The first-order valence-electron chi connectivity index (χ1n) is 6.57. The van der Waals surface area contributed by atoms with Crippen molar-refractivity contribution < 1.29 is 14.3 Å². The number of anilines is 2. The standard InChI is InChI=1S/C15H17N3O3S/c1-9-12(14(20)21-4)22-15(16-9)17-13(19)10-5-7-11(8-6-10)18(2)3/h5-8H,1-4H3,(H,16,17,19). The maximum atomic E-state index is 12.2. The maximum Gasteiger partial charge on any atom is 0.350 e.